The zero-order valence-corrected chi connectivity index (χ0v) is 8.11. The number of aromatic nitrogens is 3. The van der Waals surface area contributed by atoms with Gasteiger partial charge in [-0.2, -0.15) is 4.98 Å². The maximum absolute atomic E-state index is 10.9. The number of nitrogens with zero attached hydrogens (tertiary/aromatic N) is 2. The van der Waals surface area contributed by atoms with E-state index in [0.717, 1.165) is 11.3 Å². The SMILES string of the molecule is Cc1ccc(-n2cnc(=O)[nH]2)c(C)c1. The molecule has 1 aromatic heterocycles. The van der Waals surface area contributed by atoms with Crippen LogP contribution in [0.15, 0.2) is 29.3 Å². The summed E-state index contributed by atoms with van der Waals surface area (Å²) in [6.07, 6.45) is 1.49. The Morgan fingerprint density at radius 3 is 2.71 bits per heavy atom. The Kier molecular flexibility index (Phi) is 1.96. The summed E-state index contributed by atoms with van der Waals surface area (Å²) in [5.74, 6) is 0. The largest absolute Gasteiger partial charge is 0.361 e. The van der Waals surface area contributed by atoms with Crippen molar-refractivity contribution in [2.45, 2.75) is 13.8 Å². The molecule has 4 heteroatoms. The Bertz CT molecular complexity index is 510. The summed E-state index contributed by atoms with van der Waals surface area (Å²) in [5, 5.41) is 2.60. The van der Waals surface area contributed by atoms with Crippen LogP contribution in [0, 0.1) is 13.8 Å². The maximum Gasteiger partial charge on any atom is 0.361 e. The van der Waals surface area contributed by atoms with Gasteiger partial charge in [0.15, 0.2) is 0 Å². The van der Waals surface area contributed by atoms with Crippen LogP contribution in [0.1, 0.15) is 11.1 Å². The zero-order valence-electron chi connectivity index (χ0n) is 8.11. The van der Waals surface area contributed by atoms with Crippen molar-refractivity contribution in [2.75, 3.05) is 0 Å². The number of rotatable bonds is 1. The van der Waals surface area contributed by atoms with E-state index in [1.165, 1.54) is 11.9 Å². The lowest BCUT2D eigenvalue weighted by Gasteiger charge is -2.05. The van der Waals surface area contributed by atoms with E-state index >= 15 is 0 Å². The highest BCUT2D eigenvalue weighted by atomic mass is 16.1. The van der Waals surface area contributed by atoms with Crippen LogP contribution in [0.2, 0.25) is 0 Å². The molecule has 2 aromatic rings. The molecule has 14 heavy (non-hydrogen) atoms. The van der Waals surface area contributed by atoms with E-state index in [4.69, 9.17) is 0 Å². The van der Waals surface area contributed by atoms with E-state index < -0.39 is 0 Å². The van der Waals surface area contributed by atoms with Gasteiger partial charge in [-0.3, -0.25) is 0 Å². The first-order chi connectivity index (χ1) is 6.66. The van der Waals surface area contributed by atoms with Crippen molar-refractivity contribution < 1.29 is 0 Å². The van der Waals surface area contributed by atoms with Crippen LogP contribution in [0.25, 0.3) is 5.69 Å². The predicted molar refractivity (Wildman–Crippen MR) is 53.7 cm³/mol. The third kappa shape index (κ3) is 1.46. The van der Waals surface area contributed by atoms with Gasteiger partial charge in [0.05, 0.1) is 5.69 Å². The second-order valence-electron chi connectivity index (χ2n) is 3.32. The molecule has 0 aliphatic heterocycles. The third-order valence-corrected chi connectivity index (χ3v) is 2.12. The van der Waals surface area contributed by atoms with Gasteiger partial charge in [-0.05, 0) is 25.5 Å². The molecular weight excluding hydrogens is 178 g/mol. The fourth-order valence-corrected chi connectivity index (χ4v) is 1.47. The van der Waals surface area contributed by atoms with Gasteiger partial charge < -0.3 is 0 Å². The second-order valence-corrected chi connectivity index (χ2v) is 3.32. The molecule has 1 heterocycles. The molecule has 0 aliphatic rings. The van der Waals surface area contributed by atoms with E-state index in [1.54, 1.807) is 4.68 Å². The van der Waals surface area contributed by atoms with Gasteiger partial charge in [-0.25, -0.2) is 14.6 Å². The molecule has 0 saturated carbocycles. The quantitative estimate of drug-likeness (QED) is 0.732. The highest BCUT2D eigenvalue weighted by molar-refractivity contribution is 5.41. The molecule has 0 amide bonds. The van der Waals surface area contributed by atoms with Gasteiger partial charge >= 0.3 is 5.69 Å². The minimum Gasteiger partial charge on any atom is -0.244 e. The number of hydrogen-bond acceptors (Lipinski definition) is 2. The number of hydrogen-bond donors (Lipinski definition) is 1. The fraction of sp³-hybridized carbons (Fsp3) is 0.200. The molecule has 2 rings (SSSR count). The van der Waals surface area contributed by atoms with E-state index in [9.17, 15) is 4.79 Å². The summed E-state index contributed by atoms with van der Waals surface area (Å²) in [6.45, 7) is 4.04. The summed E-state index contributed by atoms with van der Waals surface area (Å²) in [7, 11) is 0. The van der Waals surface area contributed by atoms with Crippen molar-refractivity contribution in [3.8, 4) is 5.69 Å². The van der Waals surface area contributed by atoms with Crippen LogP contribution in [0.4, 0.5) is 0 Å². The molecule has 1 N–H and O–H groups in total. The van der Waals surface area contributed by atoms with Gasteiger partial charge in [-0.1, -0.05) is 17.7 Å². The number of aryl methyl sites for hydroxylation is 2. The van der Waals surface area contributed by atoms with Crippen molar-refractivity contribution in [3.05, 3.63) is 46.1 Å². The number of H-pyrrole nitrogens is 1. The molecule has 4 nitrogen and oxygen atoms in total. The van der Waals surface area contributed by atoms with Gasteiger partial charge in [0.1, 0.15) is 6.33 Å². The van der Waals surface area contributed by atoms with E-state index in [0.29, 0.717) is 0 Å². The Hall–Kier alpha value is -1.84. The van der Waals surface area contributed by atoms with E-state index in [-0.39, 0.29) is 5.69 Å². The summed E-state index contributed by atoms with van der Waals surface area (Å²) in [5.41, 5.74) is 2.93. The lowest BCUT2D eigenvalue weighted by atomic mass is 10.1. The molecule has 0 spiro atoms. The highest BCUT2D eigenvalue weighted by Crippen LogP contribution is 2.13. The van der Waals surface area contributed by atoms with Crippen LogP contribution in [0.5, 0.6) is 0 Å². The standard InChI is InChI=1S/C10H11N3O/c1-7-3-4-9(8(2)5-7)13-6-11-10(14)12-13/h3-6H,1-2H3,(H,12,14). The fourth-order valence-electron chi connectivity index (χ4n) is 1.47. The molecule has 0 bridgehead atoms. The van der Waals surface area contributed by atoms with Gasteiger partial charge in [0.25, 0.3) is 0 Å². The molecule has 72 valence electrons. The summed E-state index contributed by atoms with van der Waals surface area (Å²) in [6, 6.07) is 6.02. The van der Waals surface area contributed by atoms with E-state index in [1.807, 2.05) is 26.0 Å². The van der Waals surface area contributed by atoms with Crippen molar-refractivity contribution in [3.63, 3.8) is 0 Å². The molecule has 0 saturated heterocycles. The minimum atomic E-state index is -0.329. The van der Waals surface area contributed by atoms with Crippen molar-refractivity contribution in [1.29, 1.82) is 0 Å². The van der Waals surface area contributed by atoms with Crippen LogP contribution >= 0.6 is 0 Å². The molecular formula is C10H11N3O. The van der Waals surface area contributed by atoms with E-state index in [2.05, 4.69) is 16.1 Å². The topological polar surface area (TPSA) is 50.7 Å². The molecule has 1 aromatic carbocycles. The van der Waals surface area contributed by atoms with Gasteiger partial charge in [-0.15, -0.1) is 0 Å². The van der Waals surface area contributed by atoms with Crippen molar-refractivity contribution in [2.24, 2.45) is 0 Å². The highest BCUT2D eigenvalue weighted by Gasteiger charge is 2.01. The van der Waals surface area contributed by atoms with Crippen molar-refractivity contribution >= 4 is 0 Å². The normalized spacial score (nSPS) is 10.4. The monoisotopic (exact) mass is 189 g/mol. The van der Waals surface area contributed by atoms with Crippen LogP contribution in [-0.2, 0) is 0 Å². The van der Waals surface area contributed by atoms with Gasteiger partial charge in [0.2, 0.25) is 0 Å². The first-order valence-corrected chi connectivity index (χ1v) is 4.38. The summed E-state index contributed by atoms with van der Waals surface area (Å²) < 4.78 is 1.62. The average Bonchev–Trinajstić information content (AvgIpc) is 2.51. The smallest absolute Gasteiger partial charge is 0.244 e. The average molecular weight is 189 g/mol. The predicted octanol–water partition coefficient (Wildman–Crippen LogP) is 1.18. The van der Waals surface area contributed by atoms with Crippen LogP contribution < -0.4 is 5.69 Å². The number of benzene rings is 1. The van der Waals surface area contributed by atoms with Gasteiger partial charge in [0, 0.05) is 0 Å². The molecule has 0 fully saturated rings. The number of aromatic amines is 1. The molecule has 0 atom stereocenters. The summed E-state index contributed by atoms with van der Waals surface area (Å²) in [4.78, 5) is 14.5. The molecule has 0 radical (unpaired) electrons. The maximum atomic E-state index is 10.9. The third-order valence-electron chi connectivity index (χ3n) is 2.12. The summed E-state index contributed by atoms with van der Waals surface area (Å²) >= 11 is 0. The zero-order chi connectivity index (χ0) is 10.1. The lowest BCUT2D eigenvalue weighted by Crippen LogP contribution is -2.05. The minimum absolute atomic E-state index is 0.329. The second kappa shape index (κ2) is 3.14. The molecule has 0 unspecified atom stereocenters. The number of nitrogens with one attached hydrogen (secondary N) is 1. The Morgan fingerprint density at radius 1 is 1.36 bits per heavy atom. The first kappa shape index (κ1) is 8.74. The lowest BCUT2D eigenvalue weighted by molar-refractivity contribution is 0.856. The van der Waals surface area contributed by atoms with Crippen molar-refractivity contribution in [1.82, 2.24) is 14.8 Å². The first-order valence-electron chi connectivity index (χ1n) is 4.38. The van der Waals surface area contributed by atoms with Crippen LogP contribution in [0.3, 0.4) is 0 Å². The Morgan fingerprint density at radius 2 is 2.14 bits per heavy atom. The van der Waals surface area contributed by atoms with Crippen LogP contribution in [-0.4, -0.2) is 14.8 Å². The molecule has 0 aliphatic carbocycles. The Balaban J connectivity index is 2.57. The Labute approximate surface area is 81.2 Å².